The molecule has 0 bridgehead atoms. The van der Waals surface area contributed by atoms with Crippen molar-refractivity contribution in [3.05, 3.63) is 23.8 Å². The van der Waals surface area contributed by atoms with Crippen LogP contribution in [0.4, 0.5) is 5.69 Å². The lowest BCUT2D eigenvalue weighted by Gasteiger charge is -2.26. The van der Waals surface area contributed by atoms with Gasteiger partial charge in [0, 0.05) is 5.69 Å². The first-order valence-electron chi connectivity index (χ1n) is 10.5. The smallest absolute Gasteiger partial charge is 0.255 e. The number of benzene rings is 1. The number of unbranched alkanes of at least 4 members (excludes halogenated alkanes) is 2. The van der Waals surface area contributed by atoms with E-state index in [-0.39, 0.29) is 5.91 Å². The Labute approximate surface area is 187 Å². The van der Waals surface area contributed by atoms with Crippen LogP contribution in [-0.2, 0) is 4.79 Å². The van der Waals surface area contributed by atoms with E-state index in [2.05, 4.69) is 8.85 Å². The highest BCUT2D eigenvalue weighted by Crippen LogP contribution is 2.28. The summed E-state index contributed by atoms with van der Waals surface area (Å²) in [5.74, 6) is 0.111. The minimum atomic E-state index is -0.667. The Bertz CT molecular complexity index is 665. The Morgan fingerprint density at radius 2 is 1.93 bits per heavy atom. The number of rotatable bonds is 12. The zero-order chi connectivity index (χ0) is 21.1. The van der Waals surface area contributed by atoms with E-state index in [9.17, 15) is 9.59 Å². The summed E-state index contributed by atoms with van der Waals surface area (Å²) in [6.45, 7) is 1.18. The number of nitrogens with two attached hydrogens (primary N) is 2. The topological polar surface area (TPSA) is 119 Å². The number of halogens is 1. The normalized spacial score (nSPS) is 15.5. The second-order valence-electron chi connectivity index (χ2n) is 7.67. The van der Waals surface area contributed by atoms with Crippen LogP contribution in [0.1, 0.15) is 68.1 Å². The van der Waals surface area contributed by atoms with Gasteiger partial charge in [-0.3, -0.25) is 9.59 Å². The summed E-state index contributed by atoms with van der Waals surface area (Å²) in [7, 11) is 0. The monoisotopic (exact) mass is 516 g/mol. The third-order valence-electron chi connectivity index (χ3n) is 5.38. The van der Waals surface area contributed by atoms with E-state index in [0.717, 1.165) is 37.8 Å². The van der Waals surface area contributed by atoms with Crippen molar-refractivity contribution in [3.8, 4) is 5.75 Å². The Kier molecular flexibility index (Phi) is 10.5. The summed E-state index contributed by atoms with van der Waals surface area (Å²) in [4.78, 5) is 25.0. The van der Waals surface area contributed by atoms with Crippen LogP contribution in [0.2, 0.25) is 0 Å². The molecule has 0 saturated heterocycles. The van der Waals surface area contributed by atoms with Crippen LogP contribution >= 0.6 is 0 Å². The fourth-order valence-electron chi connectivity index (χ4n) is 3.74. The summed E-state index contributed by atoms with van der Waals surface area (Å²) in [6.07, 6.45) is 9.18. The van der Waals surface area contributed by atoms with Crippen molar-refractivity contribution in [2.75, 3.05) is 16.7 Å². The average Bonchev–Trinajstić information content (AvgIpc) is 2.73. The van der Waals surface area contributed by atoms with Gasteiger partial charge in [-0.2, -0.15) is 0 Å². The molecule has 6 N–H and O–H groups in total. The fraction of sp³-hybridized carbons (Fsp3) is 0.619. The van der Waals surface area contributed by atoms with Crippen molar-refractivity contribution in [3.63, 3.8) is 0 Å². The highest BCUT2D eigenvalue weighted by atomic mass is 127. The van der Waals surface area contributed by atoms with Crippen LogP contribution in [0.15, 0.2) is 18.2 Å². The van der Waals surface area contributed by atoms with Gasteiger partial charge in [0.15, 0.2) is 0 Å². The van der Waals surface area contributed by atoms with Crippen LogP contribution in [0.3, 0.4) is 0 Å². The van der Waals surface area contributed by atoms with E-state index in [4.69, 9.17) is 16.2 Å². The van der Waals surface area contributed by atoms with Crippen LogP contribution in [0.5, 0.6) is 5.75 Å². The Balaban J connectivity index is 2.05. The number of carbonyl (C=O) groups is 2. The quantitative estimate of drug-likeness (QED) is 0.172. The molecule has 29 heavy (non-hydrogen) atoms. The summed E-state index contributed by atoms with van der Waals surface area (Å²) < 4.78 is 8.85. The summed E-state index contributed by atoms with van der Waals surface area (Å²) in [5.41, 5.74) is 12.3. The van der Waals surface area contributed by atoms with Gasteiger partial charge in [-0.15, -0.1) is 0 Å². The lowest BCUT2D eigenvalue weighted by atomic mass is 9.84. The zero-order valence-electron chi connectivity index (χ0n) is 16.9. The van der Waals surface area contributed by atoms with E-state index in [1.807, 2.05) is 28.9 Å². The van der Waals surface area contributed by atoms with E-state index < -0.39 is 11.9 Å². The summed E-state index contributed by atoms with van der Waals surface area (Å²) >= 11 is 2.01. The third-order valence-corrected chi connectivity index (χ3v) is 6.00. The van der Waals surface area contributed by atoms with Crippen molar-refractivity contribution < 1.29 is 37.2 Å². The summed E-state index contributed by atoms with van der Waals surface area (Å²) in [5, 5.41) is 2.84. The van der Waals surface area contributed by atoms with Gasteiger partial charge in [0.1, 0.15) is 11.8 Å². The number of nitrogens with one attached hydrogen (secondary N) is 2. The maximum atomic E-state index is 13.0. The lowest BCUT2D eigenvalue weighted by Crippen LogP contribution is -3.38. The third kappa shape index (κ3) is 8.00. The van der Waals surface area contributed by atoms with Gasteiger partial charge in [0.25, 0.3) is 5.91 Å². The molecular formula is C21H33IN4O3-. The van der Waals surface area contributed by atoms with Crippen molar-refractivity contribution in [1.29, 1.82) is 0 Å². The summed E-state index contributed by atoms with van der Waals surface area (Å²) in [6, 6.07) is 4.69. The van der Waals surface area contributed by atoms with E-state index in [1.165, 1.54) is 19.3 Å². The van der Waals surface area contributed by atoms with Crippen molar-refractivity contribution in [2.24, 2.45) is 17.4 Å². The van der Waals surface area contributed by atoms with Crippen molar-refractivity contribution >= 4 is 17.5 Å². The SMILES string of the molecule is NCCCCCOc1ccc(N[I-])cc1C(=O)N[C@@H](CC1CCCCC1)C(N)=O. The Hall–Kier alpha value is -1.55. The lowest BCUT2D eigenvalue weighted by molar-refractivity contribution is -0.325. The van der Waals surface area contributed by atoms with Crippen LogP contribution in [0, 0.1) is 5.92 Å². The largest absolute Gasteiger partial charge is 0.666 e. The second kappa shape index (κ2) is 12.9. The molecule has 163 valence electrons. The van der Waals surface area contributed by atoms with Crippen molar-refractivity contribution in [1.82, 2.24) is 5.32 Å². The van der Waals surface area contributed by atoms with Gasteiger partial charge in [-0.25, -0.2) is 0 Å². The molecule has 0 heterocycles. The number of primary amides is 1. The number of anilines is 1. The molecule has 8 heteroatoms. The van der Waals surface area contributed by atoms with Crippen molar-refractivity contribution in [2.45, 2.75) is 63.8 Å². The predicted octanol–water partition coefficient (Wildman–Crippen LogP) is -0.371. The highest BCUT2D eigenvalue weighted by molar-refractivity contribution is 6.00. The molecule has 1 aliphatic carbocycles. The first-order chi connectivity index (χ1) is 14.0. The first kappa shape index (κ1) is 23.7. The van der Waals surface area contributed by atoms with E-state index in [1.54, 1.807) is 12.1 Å². The minimum absolute atomic E-state index is 0.338. The fourth-order valence-corrected chi connectivity index (χ4v) is 4.07. The van der Waals surface area contributed by atoms with Gasteiger partial charge in [0.05, 0.1) is 12.2 Å². The van der Waals surface area contributed by atoms with Gasteiger partial charge >= 0.3 is 0 Å². The number of ether oxygens (including phenoxy) is 1. The van der Waals surface area contributed by atoms with Crippen LogP contribution in [0.25, 0.3) is 0 Å². The standard InChI is InChI=1S/C21H33IN4O3/c22-26-16-9-10-19(29-12-6-2-5-11-23)17(14-16)21(28)25-18(20(24)27)13-15-7-3-1-4-8-15/h9-10,14-15,18,26H,1-8,11-13,23H2,(H2,24,27)(H,25,28)/q-1/t18-/m0/s1. The molecule has 1 radical (unpaired) electrons. The number of hydrogen-bond acceptors (Lipinski definition) is 5. The number of hydrogen-bond donors (Lipinski definition) is 4. The Morgan fingerprint density at radius 1 is 1.17 bits per heavy atom. The molecule has 1 aromatic rings. The molecule has 1 aromatic carbocycles. The molecule has 2 amide bonds. The number of carbonyl (C=O) groups excluding carboxylic acids is 2. The molecule has 2 rings (SSSR count). The van der Waals surface area contributed by atoms with Gasteiger partial charge < -0.3 is 47.9 Å². The average molecular weight is 516 g/mol. The number of amides is 2. The molecule has 0 aliphatic heterocycles. The molecule has 1 saturated carbocycles. The van der Waals surface area contributed by atoms with Crippen LogP contribution in [-0.4, -0.2) is 31.0 Å². The molecule has 0 spiro atoms. The predicted molar refractivity (Wildman–Crippen MR) is 110 cm³/mol. The Morgan fingerprint density at radius 3 is 2.59 bits per heavy atom. The molecule has 1 aliphatic rings. The van der Waals surface area contributed by atoms with E-state index >= 15 is 0 Å². The molecular weight excluding hydrogens is 483 g/mol. The molecule has 1 fully saturated rings. The van der Waals surface area contributed by atoms with Gasteiger partial charge in [-0.05, 0) is 56.3 Å². The first-order valence-corrected chi connectivity index (χ1v) is 11.6. The zero-order valence-corrected chi connectivity index (χ0v) is 19.1. The van der Waals surface area contributed by atoms with Gasteiger partial charge in [0.2, 0.25) is 5.91 Å². The maximum Gasteiger partial charge on any atom is 0.255 e. The minimum Gasteiger partial charge on any atom is -0.666 e. The second-order valence-corrected chi connectivity index (χ2v) is 8.21. The molecule has 7 nitrogen and oxygen atoms in total. The molecule has 1 atom stereocenters. The molecule has 0 aromatic heterocycles. The van der Waals surface area contributed by atoms with E-state index in [0.29, 0.717) is 36.8 Å². The van der Waals surface area contributed by atoms with Gasteiger partial charge in [-0.1, -0.05) is 32.1 Å². The highest BCUT2D eigenvalue weighted by Gasteiger charge is 2.25. The van der Waals surface area contributed by atoms with Crippen LogP contribution < -0.4 is 47.9 Å². The maximum absolute atomic E-state index is 13.0. The molecule has 0 unspecified atom stereocenters.